The Hall–Kier alpha value is -1.47. The number of rotatable bonds is 3. The van der Waals surface area contributed by atoms with Gasteiger partial charge in [0.15, 0.2) is 0 Å². The van der Waals surface area contributed by atoms with Crippen molar-refractivity contribution in [2.24, 2.45) is 5.73 Å². The maximum atomic E-state index is 11.7. The molecule has 0 aliphatic carbocycles. The molecule has 0 bridgehead atoms. The van der Waals surface area contributed by atoms with Crippen molar-refractivity contribution in [3.8, 4) is 0 Å². The second-order valence-electron chi connectivity index (χ2n) is 3.51. The number of carbonyl (C=O) groups is 1. The molecule has 1 aromatic heterocycles. The van der Waals surface area contributed by atoms with E-state index in [1.54, 1.807) is 0 Å². The molecule has 0 saturated carbocycles. The fraction of sp³-hybridized carbons (Fsp3) is 0.444. The summed E-state index contributed by atoms with van der Waals surface area (Å²) in [5.74, 6) is 0.229. The van der Waals surface area contributed by atoms with E-state index in [1.807, 2.05) is 0 Å². The number of nitrogens with two attached hydrogens (primary N) is 1. The summed E-state index contributed by atoms with van der Waals surface area (Å²) in [6.45, 7) is 0.628. The van der Waals surface area contributed by atoms with E-state index in [1.165, 1.54) is 6.20 Å². The van der Waals surface area contributed by atoms with Crippen LogP contribution in [0.4, 0.5) is 5.82 Å². The van der Waals surface area contributed by atoms with Gasteiger partial charge in [-0.3, -0.25) is 9.89 Å². The van der Waals surface area contributed by atoms with E-state index in [9.17, 15) is 4.79 Å². The maximum absolute atomic E-state index is 11.7. The summed E-state index contributed by atoms with van der Waals surface area (Å²) in [7, 11) is 0. The van der Waals surface area contributed by atoms with Gasteiger partial charge in [0.2, 0.25) is 0 Å². The van der Waals surface area contributed by atoms with Crippen molar-refractivity contribution in [1.82, 2.24) is 10.2 Å². The molecule has 1 aromatic rings. The lowest BCUT2D eigenvalue weighted by molar-refractivity contribution is -0.124. The first kappa shape index (κ1) is 11.0. The fourth-order valence-electron chi connectivity index (χ4n) is 1.56. The van der Waals surface area contributed by atoms with Crippen LogP contribution in [-0.2, 0) is 9.53 Å². The van der Waals surface area contributed by atoms with Gasteiger partial charge in [-0.25, -0.2) is 0 Å². The SMILES string of the molecule is NC(=S)c1cn[nH]c1NC(=O)C1CCCO1. The summed E-state index contributed by atoms with van der Waals surface area (Å²) in [4.78, 5) is 11.9. The summed E-state index contributed by atoms with van der Waals surface area (Å²) in [5.41, 5.74) is 6.01. The molecule has 0 aromatic carbocycles. The van der Waals surface area contributed by atoms with Crippen LogP contribution in [0.25, 0.3) is 0 Å². The van der Waals surface area contributed by atoms with E-state index < -0.39 is 0 Å². The first-order chi connectivity index (χ1) is 7.68. The summed E-state index contributed by atoms with van der Waals surface area (Å²) in [6, 6.07) is 0. The maximum Gasteiger partial charge on any atom is 0.254 e. The lowest BCUT2D eigenvalue weighted by Gasteiger charge is -2.09. The van der Waals surface area contributed by atoms with E-state index in [2.05, 4.69) is 15.5 Å². The molecule has 2 rings (SSSR count). The predicted octanol–water partition coefficient (Wildman–Crippen LogP) is 0.161. The molecule has 6 nitrogen and oxygen atoms in total. The first-order valence-corrected chi connectivity index (χ1v) is 5.35. The monoisotopic (exact) mass is 240 g/mol. The first-order valence-electron chi connectivity index (χ1n) is 4.94. The number of amides is 1. The molecule has 1 aliphatic heterocycles. The molecule has 4 N–H and O–H groups in total. The number of carbonyl (C=O) groups excluding carboxylic acids is 1. The summed E-state index contributed by atoms with van der Waals surface area (Å²) in [5, 5.41) is 9.08. The van der Waals surface area contributed by atoms with Crippen LogP contribution in [0.2, 0.25) is 0 Å². The van der Waals surface area contributed by atoms with Gasteiger partial charge in [0.25, 0.3) is 5.91 Å². The third-order valence-electron chi connectivity index (χ3n) is 2.38. The standard InChI is InChI=1S/C9H12N4O2S/c10-7(16)5-4-11-13-8(5)12-9(14)6-2-1-3-15-6/h4,6H,1-3H2,(H2,10,16)(H2,11,12,13,14). The average molecular weight is 240 g/mol. The number of nitrogens with zero attached hydrogens (tertiary/aromatic N) is 1. The molecule has 1 saturated heterocycles. The molecule has 1 aliphatic rings. The predicted molar refractivity (Wildman–Crippen MR) is 62.1 cm³/mol. The molecular formula is C9H12N4O2S. The zero-order valence-electron chi connectivity index (χ0n) is 8.53. The van der Waals surface area contributed by atoms with Crippen LogP contribution in [0.15, 0.2) is 6.20 Å². The lowest BCUT2D eigenvalue weighted by Crippen LogP contribution is -2.28. The van der Waals surface area contributed by atoms with Crippen molar-refractivity contribution >= 4 is 28.9 Å². The molecule has 1 fully saturated rings. The minimum Gasteiger partial charge on any atom is -0.389 e. The van der Waals surface area contributed by atoms with Gasteiger partial charge in [0, 0.05) is 6.61 Å². The van der Waals surface area contributed by atoms with Crippen molar-refractivity contribution in [3.05, 3.63) is 11.8 Å². The minimum atomic E-state index is -0.387. The van der Waals surface area contributed by atoms with Gasteiger partial charge in [0.1, 0.15) is 16.9 Å². The fourth-order valence-corrected chi connectivity index (χ4v) is 1.71. The smallest absolute Gasteiger partial charge is 0.254 e. The molecule has 86 valence electrons. The molecule has 7 heteroatoms. The van der Waals surface area contributed by atoms with Gasteiger partial charge in [-0.15, -0.1) is 0 Å². The van der Waals surface area contributed by atoms with Crippen molar-refractivity contribution in [3.63, 3.8) is 0 Å². The number of H-pyrrole nitrogens is 1. The largest absolute Gasteiger partial charge is 0.389 e. The number of hydrogen-bond acceptors (Lipinski definition) is 4. The van der Waals surface area contributed by atoms with Gasteiger partial charge >= 0.3 is 0 Å². The molecular weight excluding hydrogens is 228 g/mol. The zero-order valence-corrected chi connectivity index (χ0v) is 9.34. The Morgan fingerprint density at radius 1 is 1.75 bits per heavy atom. The Morgan fingerprint density at radius 2 is 2.56 bits per heavy atom. The lowest BCUT2D eigenvalue weighted by atomic mass is 10.2. The van der Waals surface area contributed by atoms with Crippen molar-refractivity contribution in [2.45, 2.75) is 18.9 Å². The van der Waals surface area contributed by atoms with Crippen LogP contribution >= 0.6 is 12.2 Å². The molecule has 2 heterocycles. The highest BCUT2D eigenvalue weighted by Crippen LogP contribution is 2.16. The van der Waals surface area contributed by atoms with E-state index >= 15 is 0 Å². The van der Waals surface area contributed by atoms with Gasteiger partial charge in [-0.05, 0) is 12.8 Å². The number of aromatic nitrogens is 2. The molecule has 0 spiro atoms. The molecule has 0 radical (unpaired) electrons. The van der Waals surface area contributed by atoms with E-state index in [-0.39, 0.29) is 17.0 Å². The highest BCUT2D eigenvalue weighted by Gasteiger charge is 2.24. The number of hydrogen-bond donors (Lipinski definition) is 3. The second-order valence-corrected chi connectivity index (χ2v) is 3.95. The number of ether oxygens (including phenoxy) is 1. The van der Waals surface area contributed by atoms with Crippen LogP contribution in [0.1, 0.15) is 18.4 Å². The molecule has 16 heavy (non-hydrogen) atoms. The average Bonchev–Trinajstić information content (AvgIpc) is 2.86. The summed E-state index contributed by atoms with van der Waals surface area (Å²) >= 11 is 4.83. The van der Waals surface area contributed by atoms with Crippen LogP contribution in [0.3, 0.4) is 0 Å². The number of nitrogens with one attached hydrogen (secondary N) is 2. The van der Waals surface area contributed by atoms with Crippen LogP contribution < -0.4 is 11.1 Å². The van der Waals surface area contributed by atoms with Crippen molar-refractivity contribution in [1.29, 1.82) is 0 Å². The van der Waals surface area contributed by atoms with E-state index in [0.29, 0.717) is 18.0 Å². The minimum absolute atomic E-state index is 0.191. The Bertz CT molecular complexity index is 411. The Kier molecular flexibility index (Phi) is 3.16. The van der Waals surface area contributed by atoms with E-state index in [0.717, 1.165) is 12.8 Å². The summed E-state index contributed by atoms with van der Waals surface area (Å²) in [6.07, 6.45) is 2.74. The third-order valence-corrected chi connectivity index (χ3v) is 2.60. The topological polar surface area (TPSA) is 93.0 Å². The Morgan fingerprint density at radius 3 is 3.19 bits per heavy atom. The van der Waals surface area contributed by atoms with Gasteiger partial charge in [-0.1, -0.05) is 12.2 Å². The van der Waals surface area contributed by atoms with Gasteiger partial charge in [-0.2, -0.15) is 5.10 Å². The van der Waals surface area contributed by atoms with Crippen molar-refractivity contribution < 1.29 is 9.53 Å². The quantitative estimate of drug-likeness (QED) is 0.654. The van der Waals surface area contributed by atoms with Crippen molar-refractivity contribution in [2.75, 3.05) is 11.9 Å². The Labute approximate surface area is 97.5 Å². The Balaban J connectivity index is 2.05. The van der Waals surface area contributed by atoms with Crippen LogP contribution in [-0.4, -0.2) is 33.8 Å². The third kappa shape index (κ3) is 2.20. The zero-order chi connectivity index (χ0) is 11.5. The van der Waals surface area contributed by atoms with Gasteiger partial charge < -0.3 is 15.8 Å². The number of thiocarbonyl (C=S) groups is 1. The molecule has 1 unspecified atom stereocenters. The normalized spacial score (nSPS) is 19.6. The second kappa shape index (κ2) is 4.58. The number of anilines is 1. The molecule has 1 amide bonds. The highest BCUT2D eigenvalue weighted by atomic mass is 32.1. The van der Waals surface area contributed by atoms with Crippen LogP contribution in [0, 0.1) is 0 Å². The van der Waals surface area contributed by atoms with E-state index in [4.69, 9.17) is 22.7 Å². The number of aromatic amines is 1. The summed E-state index contributed by atoms with van der Waals surface area (Å²) < 4.78 is 5.25. The highest BCUT2D eigenvalue weighted by molar-refractivity contribution is 7.80. The molecule has 1 atom stereocenters. The van der Waals surface area contributed by atoms with Crippen LogP contribution in [0.5, 0.6) is 0 Å². The van der Waals surface area contributed by atoms with Gasteiger partial charge in [0.05, 0.1) is 11.8 Å².